The van der Waals surface area contributed by atoms with Crippen LogP contribution in [0, 0.1) is 19.3 Å². The minimum atomic E-state index is 0.0373. The average Bonchev–Trinajstić information content (AvgIpc) is 3.42. The van der Waals surface area contributed by atoms with E-state index in [-0.39, 0.29) is 11.9 Å². The fourth-order valence-corrected chi connectivity index (χ4v) is 5.44. The quantitative estimate of drug-likeness (QED) is 0.631. The molecule has 6 nitrogen and oxygen atoms in total. The molecule has 2 aliphatic rings. The highest BCUT2D eigenvalue weighted by Gasteiger charge is 2.49. The van der Waals surface area contributed by atoms with Crippen molar-refractivity contribution in [2.24, 2.45) is 5.41 Å². The molecule has 0 radical (unpaired) electrons. The number of likely N-dealkylation sites (tertiary alicyclic amines) is 1. The Hall–Kier alpha value is -2.80. The molecule has 1 aliphatic heterocycles. The molecule has 1 aliphatic carbocycles. The molecular formula is C24H27N5OS. The van der Waals surface area contributed by atoms with Crippen molar-refractivity contribution in [2.75, 3.05) is 18.4 Å². The zero-order valence-corrected chi connectivity index (χ0v) is 18.8. The summed E-state index contributed by atoms with van der Waals surface area (Å²) in [7, 11) is 0. The molecule has 2 aromatic heterocycles. The van der Waals surface area contributed by atoms with Gasteiger partial charge in [0, 0.05) is 31.5 Å². The number of hydrogen-bond donors (Lipinski definition) is 1. The second-order valence-corrected chi connectivity index (χ2v) is 10.1. The van der Waals surface area contributed by atoms with E-state index in [9.17, 15) is 4.79 Å². The van der Waals surface area contributed by atoms with Gasteiger partial charge >= 0.3 is 0 Å². The maximum absolute atomic E-state index is 13.7. The summed E-state index contributed by atoms with van der Waals surface area (Å²) >= 11 is 1.59. The van der Waals surface area contributed by atoms with Crippen LogP contribution in [0.15, 0.2) is 42.7 Å². The van der Waals surface area contributed by atoms with Gasteiger partial charge in [-0.15, -0.1) is 11.3 Å². The largest absolute Gasteiger partial charge is 0.352 e. The van der Waals surface area contributed by atoms with Crippen LogP contribution in [0.3, 0.4) is 0 Å². The number of aryl methyl sites for hydroxylation is 2. The predicted molar refractivity (Wildman–Crippen MR) is 123 cm³/mol. The molecule has 1 aromatic carbocycles. The molecule has 1 saturated heterocycles. The van der Waals surface area contributed by atoms with Gasteiger partial charge in [0.1, 0.15) is 5.69 Å². The van der Waals surface area contributed by atoms with Gasteiger partial charge < -0.3 is 10.2 Å². The van der Waals surface area contributed by atoms with Crippen molar-refractivity contribution in [3.05, 3.63) is 59.0 Å². The molecule has 1 spiro atoms. The molecule has 5 rings (SSSR count). The van der Waals surface area contributed by atoms with Gasteiger partial charge in [-0.05, 0) is 56.1 Å². The molecule has 7 heteroatoms. The monoisotopic (exact) mass is 433 g/mol. The highest BCUT2D eigenvalue weighted by atomic mass is 32.1. The van der Waals surface area contributed by atoms with Crippen molar-refractivity contribution < 1.29 is 4.79 Å². The Kier molecular flexibility index (Phi) is 5.22. The predicted octanol–water partition coefficient (Wildman–Crippen LogP) is 4.71. The Labute approximate surface area is 186 Å². The summed E-state index contributed by atoms with van der Waals surface area (Å²) in [4.78, 5) is 30.1. The second-order valence-electron chi connectivity index (χ2n) is 8.85. The number of piperidine rings is 1. The maximum atomic E-state index is 13.7. The maximum Gasteiger partial charge on any atom is 0.274 e. The summed E-state index contributed by atoms with van der Waals surface area (Å²) < 4.78 is 0. The lowest BCUT2D eigenvalue weighted by Crippen LogP contribution is -2.50. The van der Waals surface area contributed by atoms with Gasteiger partial charge in [-0.25, -0.2) is 15.0 Å². The summed E-state index contributed by atoms with van der Waals surface area (Å²) in [5, 5.41) is 4.28. The first-order chi connectivity index (χ1) is 15.0. The van der Waals surface area contributed by atoms with Crippen molar-refractivity contribution in [3.8, 4) is 10.4 Å². The molecular weight excluding hydrogens is 406 g/mol. The van der Waals surface area contributed by atoms with Crippen molar-refractivity contribution in [2.45, 2.75) is 45.6 Å². The molecule has 0 unspecified atom stereocenters. The summed E-state index contributed by atoms with van der Waals surface area (Å²) in [6.45, 7) is 5.38. The highest BCUT2D eigenvalue weighted by molar-refractivity contribution is 7.15. The van der Waals surface area contributed by atoms with Crippen LogP contribution in [0.4, 0.5) is 5.95 Å². The Morgan fingerprint density at radius 1 is 1.16 bits per heavy atom. The van der Waals surface area contributed by atoms with Crippen LogP contribution in [0.2, 0.25) is 0 Å². The van der Waals surface area contributed by atoms with Gasteiger partial charge in [-0.2, -0.15) is 0 Å². The van der Waals surface area contributed by atoms with Crippen molar-refractivity contribution in [1.82, 2.24) is 19.9 Å². The molecule has 1 saturated carbocycles. The average molecular weight is 434 g/mol. The van der Waals surface area contributed by atoms with Gasteiger partial charge in [0.05, 0.1) is 9.88 Å². The molecule has 0 bridgehead atoms. The van der Waals surface area contributed by atoms with Crippen LogP contribution in [0.25, 0.3) is 10.4 Å². The van der Waals surface area contributed by atoms with Crippen LogP contribution >= 0.6 is 11.3 Å². The van der Waals surface area contributed by atoms with Crippen LogP contribution < -0.4 is 5.32 Å². The lowest BCUT2D eigenvalue weighted by Gasteiger charge is -2.40. The number of anilines is 1. The minimum Gasteiger partial charge on any atom is -0.352 e. The van der Waals surface area contributed by atoms with E-state index < -0.39 is 0 Å². The lowest BCUT2D eigenvalue weighted by molar-refractivity contribution is 0.0541. The van der Waals surface area contributed by atoms with Crippen molar-refractivity contribution in [1.29, 1.82) is 0 Å². The number of thiazole rings is 1. The molecule has 160 valence electrons. The van der Waals surface area contributed by atoms with E-state index in [0.717, 1.165) is 40.4 Å². The zero-order chi connectivity index (χ0) is 21.4. The molecule has 1 N–H and O–H groups in total. The van der Waals surface area contributed by atoms with Gasteiger partial charge in [-0.3, -0.25) is 4.79 Å². The molecule has 1 atom stereocenters. The molecule has 3 aromatic rings. The van der Waals surface area contributed by atoms with E-state index in [0.29, 0.717) is 23.6 Å². The Morgan fingerprint density at radius 3 is 2.61 bits per heavy atom. The van der Waals surface area contributed by atoms with Crippen LogP contribution in [-0.2, 0) is 0 Å². The number of nitrogens with zero attached hydrogens (tertiary/aromatic N) is 4. The smallest absolute Gasteiger partial charge is 0.274 e. The topological polar surface area (TPSA) is 71.0 Å². The first-order valence-corrected chi connectivity index (χ1v) is 11.7. The van der Waals surface area contributed by atoms with Crippen LogP contribution in [-0.4, -0.2) is 44.9 Å². The Bertz CT molecular complexity index is 1080. The number of carbonyl (C=O) groups is 1. The third kappa shape index (κ3) is 4.19. The van der Waals surface area contributed by atoms with Gasteiger partial charge in [0.15, 0.2) is 0 Å². The summed E-state index contributed by atoms with van der Waals surface area (Å²) in [5.74, 6) is 0.651. The molecule has 2 fully saturated rings. The zero-order valence-electron chi connectivity index (χ0n) is 18.0. The third-order valence-corrected chi connectivity index (χ3v) is 7.48. The van der Waals surface area contributed by atoms with Crippen LogP contribution in [0.1, 0.15) is 46.7 Å². The number of benzene rings is 1. The summed E-state index contributed by atoms with van der Waals surface area (Å²) in [6.07, 6.45) is 8.29. The second kappa shape index (κ2) is 8.04. The first kappa shape index (κ1) is 20.1. The molecule has 3 heterocycles. The Morgan fingerprint density at radius 2 is 1.90 bits per heavy atom. The molecule has 31 heavy (non-hydrogen) atoms. The highest BCUT2D eigenvalue weighted by Crippen LogP contribution is 2.55. The third-order valence-electron chi connectivity index (χ3n) is 6.46. The summed E-state index contributed by atoms with van der Waals surface area (Å²) in [6, 6.07) is 10.2. The van der Waals surface area contributed by atoms with Gasteiger partial charge in [0.2, 0.25) is 5.95 Å². The number of amides is 1. The summed E-state index contributed by atoms with van der Waals surface area (Å²) in [5.41, 5.74) is 3.09. The van der Waals surface area contributed by atoms with E-state index in [4.69, 9.17) is 0 Å². The Balaban J connectivity index is 1.39. The van der Waals surface area contributed by atoms with Crippen molar-refractivity contribution in [3.63, 3.8) is 0 Å². The van der Waals surface area contributed by atoms with Gasteiger partial charge in [-0.1, -0.05) is 30.3 Å². The van der Waals surface area contributed by atoms with Gasteiger partial charge in [0.25, 0.3) is 5.91 Å². The van der Waals surface area contributed by atoms with Crippen LogP contribution in [0.5, 0.6) is 0 Å². The minimum absolute atomic E-state index is 0.0373. The van der Waals surface area contributed by atoms with E-state index in [1.54, 1.807) is 11.3 Å². The lowest BCUT2D eigenvalue weighted by atomic mass is 9.87. The van der Waals surface area contributed by atoms with E-state index in [1.807, 2.05) is 61.5 Å². The van der Waals surface area contributed by atoms with E-state index in [1.165, 1.54) is 12.8 Å². The number of hydrogen-bond acceptors (Lipinski definition) is 6. The fraction of sp³-hybridized carbons (Fsp3) is 0.417. The van der Waals surface area contributed by atoms with E-state index >= 15 is 0 Å². The number of aromatic nitrogens is 3. The SMILES string of the molecule is Cc1cnc(NC[C@@H]2CC3(CCN2C(=O)c2nc(C)sc2-c2ccccc2)CC3)nc1. The number of carbonyl (C=O) groups excluding carboxylic acids is 1. The normalized spacial score (nSPS) is 19.4. The fourth-order valence-electron chi connectivity index (χ4n) is 4.52. The molecule has 1 amide bonds. The number of nitrogens with one attached hydrogen (secondary N) is 1. The standard InChI is InChI=1S/C24H27N5OS/c1-16-13-25-23(26-14-16)27-15-19-12-24(8-9-24)10-11-29(19)22(30)20-21(31-17(2)28-20)18-6-4-3-5-7-18/h3-7,13-14,19H,8-12,15H2,1-2H3,(H,25,26,27)/t19-/m0/s1. The first-order valence-electron chi connectivity index (χ1n) is 10.9. The van der Waals surface area contributed by atoms with E-state index in [2.05, 4.69) is 20.3 Å². The number of rotatable bonds is 5. The van der Waals surface area contributed by atoms with Crippen molar-refractivity contribution >= 4 is 23.2 Å².